The molecule has 0 fully saturated rings. The van der Waals surface area contributed by atoms with Gasteiger partial charge in [0, 0.05) is 24.0 Å². The van der Waals surface area contributed by atoms with E-state index < -0.39 is 5.60 Å². The molecule has 23 heavy (non-hydrogen) atoms. The maximum absolute atomic E-state index is 9.87. The van der Waals surface area contributed by atoms with Crippen molar-refractivity contribution in [2.75, 3.05) is 27.8 Å². The highest BCUT2D eigenvalue weighted by molar-refractivity contribution is 7.13. The molecule has 0 spiro atoms. The Labute approximate surface area is 141 Å². The third-order valence-electron chi connectivity index (χ3n) is 3.27. The maximum atomic E-state index is 9.87. The van der Waals surface area contributed by atoms with Gasteiger partial charge in [-0.3, -0.25) is 4.90 Å². The fraction of sp³-hybridized carbons (Fsp3) is 0.471. The highest BCUT2D eigenvalue weighted by Crippen LogP contribution is 2.33. The molecule has 1 aromatic heterocycles. The molecule has 126 valence electrons. The molecule has 0 bridgehead atoms. The van der Waals surface area contributed by atoms with Gasteiger partial charge in [-0.15, -0.1) is 11.3 Å². The Kier molecular flexibility index (Phi) is 5.62. The van der Waals surface area contributed by atoms with Gasteiger partial charge in [0.2, 0.25) is 0 Å². The van der Waals surface area contributed by atoms with Gasteiger partial charge in [-0.25, -0.2) is 4.98 Å². The highest BCUT2D eigenvalue weighted by atomic mass is 32.1. The van der Waals surface area contributed by atoms with Crippen molar-refractivity contribution in [3.63, 3.8) is 0 Å². The minimum atomic E-state index is -0.711. The van der Waals surface area contributed by atoms with Gasteiger partial charge < -0.3 is 14.6 Å². The normalized spacial score (nSPS) is 11.8. The van der Waals surface area contributed by atoms with E-state index in [1.54, 1.807) is 39.4 Å². The second-order valence-electron chi connectivity index (χ2n) is 6.20. The molecule has 0 saturated carbocycles. The first-order valence-corrected chi connectivity index (χ1v) is 8.28. The Morgan fingerprint density at radius 2 is 1.91 bits per heavy atom. The molecule has 2 rings (SSSR count). The summed E-state index contributed by atoms with van der Waals surface area (Å²) in [4.78, 5) is 6.74. The number of rotatable bonds is 7. The van der Waals surface area contributed by atoms with Crippen LogP contribution in [0.4, 0.5) is 0 Å². The van der Waals surface area contributed by atoms with Crippen LogP contribution in [0.3, 0.4) is 0 Å². The molecule has 5 nitrogen and oxygen atoms in total. The van der Waals surface area contributed by atoms with Gasteiger partial charge in [0.25, 0.3) is 0 Å². The van der Waals surface area contributed by atoms with Crippen molar-refractivity contribution in [1.29, 1.82) is 0 Å². The first-order valence-electron chi connectivity index (χ1n) is 7.40. The Bertz CT molecular complexity index is 650. The summed E-state index contributed by atoms with van der Waals surface area (Å²) in [7, 11) is 5.23. The molecule has 0 unspecified atom stereocenters. The van der Waals surface area contributed by atoms with Crippen molar-refractivity contribution in [2.45, 2.75) is 26.0 Å². The number of hydrogen-bond acceptors (Lipinski definition) is 6. The Balaban J connectivity index is 2.13. The van der Waals surface area contributed by atoms with Crippen LogP contribution in [0.5, 0.6) is 11.5 Å². The number of ether oxygens (including phenoxy) is 2. The molecule has 1 N–H and O–H groups in total. The van der Waals surface area contributed by atoms with E-state index in [9.17, 15) is 5.11 Å². The van der Waals surface area contributed by atoms with Gasteiger partial charge in [0.05, 0.1) is 25.5 Å². The number of benzene rings is 1. The third-order valence-corrected chi connectivity index (χ3v) is 4.21. The number of thiazole rings is 1. The lowest BCUT2D eigenvalue weighted by Crippen LogP contribution is -2.35. The number of aromatic nitrogens is 1. The van der Waals surface area contributed by atoms with Crippen molar-refractivity contribution >= 4 is 11.3 Å². The topological polar surface area (TPSA) is 54.8 Å². The van der Waals surface area contributed by atoms with Crippen LogP contribution in [0.2, 0.25) is 0 Å². The smallest absolute Gasteiger partial charge is 0.161 e. The summed E-state index contributed by atoms with van der Waals surface area (Å²) in [5.41, 5.74) is 1.28. The molecule has 0 aliphatic carbocycles. The van der Waals surface area contributed by atoms with E-state index in [-0.39, 0.29) is 0 Å². The van der Waals surface area contributed by atoms with Gasteiger partial charge in [0.1, 0.15) is 5.01 Å². The van der Waals surface area contributed by atoms with E-state index in [0.29, 0.717) is 24.6 Å². The second kappa shape index (κ2) is 7.29. The largest absolute Gasteiger partial charge is 0.493 e. The molecule has 0 amide bonds. The third kappa shape index (κ3) is 4.92. The van der Waals surface area contributed by atoms with Gasteiger partial charge >= 0.3 is 0 Å². The zero-order valence-corrected chi connectivity index (χ0v) is 15.1. The van der Waals surface area contributed by atoms with Crippen LogP contribution in [-0.2, 0) is 6.54 Å². The van der Waals surface area contributed by atoms with Crippen LogP contribution in [0.1, 0.15) is 19.5 Å². The standard InChI is InChI=1S/C17H24N2O3S/c1-17(2,20)11-19(3)9-13-10-23-16(18-13)12-6-7-14(21-4)15(8-12)22-5/h6-8,10,20H,9,11H2,1-5H3. The van der Waals surface area contributed by atoms with Crippen LogP contribution < -0.4 is 9.47 Å². The first-order chi connectivity index (χ1) is 10.8. The molecular formula is C17H24N2O3S. The summed E-state index contributed by atoms with van der Waals surface area (Å²) in [5, 5.41) is 12.9. The zero-order chi connectivity index (χ0) is 17.0. The molecule has 6 heteroatoms. The van der Waals surface area contributed by atoms with Crippen LogP contribution >= 0.6 is 11.3 Å². The lowest BCUT2D eigenvalue weighted by atomic mass is 10.1. The SMILES string of the molecule is COc1ccc(-c2nc(CN(C)CC(C)(C)O)cs2)cc1OC. The Morgan fingerprint density at radius 3 is 2.52 bits per heavy atom. The predicted molar refractivity (Wildman–Crippen MR) is 93.3 cm³/mol. The molecular weight excluding hydrogens is 312 g/mol. The quantitative estimate of drug-likeness (QED) is 0.842. The minimum Gasteiger partial charge on any atom is -0.493 e. The number of likely N-dealkylation sites (N-methyl/N-ethyl adjacent to an activating group) is 1. The molecule has 0 atom stereocenters. The molecule has 0 aliphatic rings. The van der Waals surface area contributed by atoms with Crippen molar-refractivity contribution in [2.24, 2.45) is 0 Å². The van der Waals surface area contributed by atoms with Crippen molar-refractivity contribution in [3.05, 3.63) is 29.3 Å². The average Bonchev–Trinajstić information content (AvgIpc) is 2.92. The van der Waals surface area contributed by atoms with E-state index >= 15 is 0 Å². The van der Waals surface area contributed by atoms with Crippen molar-refractivity contribution < 1.29 is 14.6 Å². The Morgan fingerprint density at radius 1 is 1.22 bits per heavy atom. The monoisotopic (exact) mass is 336 g/mol. The number of nitrogens with zero attached hydrogens (tertiary/aromatic N) is 2. The summed E-state index contributed by atoms with van der Waals surface area (Å²) >= 11 is 1.60. The summed E-state index contributed by atoms with van der Waals surface area (Å²) in [6.07, 6.45) is 0. The molecule has 0 saturated heterocycles. The zero-order valence-electron chi connectivity index (χ0n) is 14.3. The average molecular weight is 336 g/mol. The molecule has 2 aromatic rings. The number of hydrogen-bond donors (Lipinski definition) is 1. The summed E-state index contributed by atoms with van der Waals surface area (Å²) < 4.78 is 10.6. The minimum absolute atomic E-state index is 0.593. The van der Waals surface area contributed by atoms with E-state index in [4.69, 9.17) is 9.47 Å². The van der Waals surface area contributed by atoms with E-state index in [2.05, 4.69) is 9.88 Å². The summed E-state index contributed by atoms with van der Waals surface area (Å²) in [6, 6.07) is 5.79. The summed E-state index contributed by atoms with van der Waals surface area (Å²) in [5.74, 6) is 1.40. The van der Waals surface area contributed by atoms with Crippen LogP contribution in [0, 0.1) is 0 Å². The van der Waals surface area contributed by atoms with Gasteiger partial charge in [-0.1, -0.05) is 0 Å². The van der Waals surface area contributed by atoms with Crippen LogP contribution in [0.15, 0.2) is 23.6 Å². The van der Waals surface area contributed by atoms with E-state index in [1.807, 2.05) is 30.6 Å². The van der Waals surface area contributed by atoms with Gasteiger partial charge in [-0.05, 0) is 39.1 Å². The second-order valence-corrected chi connectivity index (χ2v) is 7.06. The number of aliphatic hydroxyl groups is 1. The fourth-order valence-corrected chi connectivity index (χ4v) is 3.28. The lowest BCUT2D eigenvalue weighted by Gasteiger charge is -2.24. The predicted octanol–water partition coefficient (Wildman–Crippen LogP) is 3.03. The van der Waals surface area contributed by atoms with Crippen LogP contribution in [-0.4, -0.2) is 48.4 Å². The van der Waals surface area contributed by atoms with Crippen molar-refractivity contribution in [1.82, 2.24) is 9.88 Å². The summed E-state index contributed by atoms with van der Waals surface area (Å²) in [6.45, 7) is 4.91. The Hall–Kier alpha value is -1.63. The van der Waals surface area contributed by atoms with Gasteiger partial charge in [0.15, 0.2) is 11.5 Å². The molecule has 1 aromatic carbocycles. The number of methoxy groups -OCH3 is 2. The molecule has 0 aliphatic heterocycles. The molecule has 0 radical (unpaired) electrons. The first kappa shape index (κ1) is 17.7. The van der Waals surface area contributed by atoms with Crippen molar-refractivity contribution in [3.8, 4) is 22.1 Å². The highest BCUT2D eigenvalue weighted by Gasteiger charge is 2.17. The van der Waals surface area contributed by atoms with E-state index in [1.165, 1.54) is 0 Å². The maximum Gasteiger partial charge on any atom is 0.161 e. The van der Waals surface area contributed by atoms with E-state index in [0.717, 1.165) is 16.3 Å². The lowest BCUT2D eigenvalue weighted by molar-refractivity contribution is 0.0422. The molecule has 1 heterocycles. The van der Waals surface area contributed by atoms with Gasteiger partial charge in [-0.2, -0.15) is 0 Å². The fourth-order valence-electron chi connectivity index (χ4n) is 2.47. The van der Waals surface area contributed by atoms with Crippen LogP contribution in [0.25, 0.3) is 10.6 Å².